The Kier molecular flexibility index (Phi) is 3.95. The van der Waals surface area contributed by atoms with Gasteiger partial charge in [-0.15, -0.1) is 0 Å². The lowest BCUT2D eigenvalue weighted by atomic mass is 10.2. The molecule has 0 saturated heterocycles. The number of benzene rings is 1. The molecule has 0 aliphatic carbocycles. The average Bonchev–Trinajstić information content (AvgIpc) is 2.62. The Morgan fingerprint density at radius 3 is 2.58 bits per heavy atom. The predicted octanol–water partition coefficient (Wildman–Crippen LogP) is 4.02. The van der Waals surface area contributed by atoms with Crippen LogP contribution in [0.2, 0.25) is 0 Å². The van der Waals surface area contributed by atoms with Gasteiger partial charge in [0, 0.05) is 39.4 Å². The summed E-state index contributed by atoms with van der Waals surface area (Å²) >= 11 is 5.68. The van der Waals surface area contributed by atoms with Gasteiger partial charge >= 0.3 is 0 Å². The second-order valence-electron chi connectivity index (χ2n) is 4.41. The minimum absolute atomic E-state index is 0.173. The van der Waals surface area contributed by atoms with Crippen molar-refractivity contribution in [3.8, 4) is 0 Å². The van der Waals surface area contributed by atoms with Gasteiger partial charge in [-0.3, -0.25) is 0 Å². The van der Waals surface area contributed by atoms with Gasteiger partial charge in [0.1, 0.15) is 4.90 Å². The first-order chi connectivity index (χ1) is 8.86. The van der Waals surface area contributed by atoms with Gasteiger partial charge in [0.25, 0.3) is 9.05 Å². The fourth-order valence-electron chi connectivity index (χ4n) is 2.19. The second kappa shape index (κ2) is 5.19. The van der Waals surface area contributed by atoms with Crippen molar-refractivity contribution < 1.29 is 8.42 Å². The molecule has 0 radical (unpaired) electrons. The zero-order valence-electron chi connectivity index (χ0n) is 10.5. The van der Waals surface area contributed by atoms with Crippen LogP contribution in [0, 0.1) is 6.92 Å². The number of fused-ring (bicyclic) bond motifs is 1. The van der Waals surface area contributed by atoms with Gasteiger partial charge in [-0.05, 0) is 25.5 Å². The van der Waals surface area contributed by atoms with E-state index in [1.165, 1.54) is 5.54 Å². The lowest BCUT2D eigenvalue weighted by molar-refractivity contribution is 0.609. The summed E-state index contributed by atoms with van der Waals surface area (Å²) < 4.78 is 25.4. The lowest BCUT2D eigenvalue weighted by Gasteiger charge is -2.08. The first kappa shape index (κ1) is 14.4. The number of hydrogen-bond acceptors (Lipinski definition) is 2. The Morgan fingerprint density at radius 1 is 1.37 bits per heavy atom. The Morgan fingerprint density at radius 2 is 2.00 bits per heavy atom. The van der Waals surface area contributed by atoms with E-state index in [1.54, 1.807) is 19.1 Å². The molecule has 1 aromatic heterocycles. The molecule has 0 bridgehead atoms. The Labute approximate surface area is 121 Å². The first-order valence-electron chi connectivity index (χ1n) is 5.64. The predicted molar refractivity (Wildman–Crippen MR) is 79.3 cm³/mol. The van der Waals surface area contributed by atoms with Crippen LogP contribution >= 0.6 is 22.3 Å². The smallest absolute Gasteiger partial charge is 0.263 e. The summed E-state index contributed by atoms with van der Waals surface area (Å²) in [6.45, 7) is 4.16. The summed E-state index contributed by atoms with van der Waals surface area (Å²) in [5.41, 5.74) is 3.87. The highest BCUT2D eigenvalue weighted by Crippen LogP contribution is 2.32. The van der Waals surface area contributed by atoms with E-state index in [2.05, 4.69) is 0 Å². The minimum Gasteiger partial charge on any atom is -0.339 e. The number of hydrogen-bond donors (Lipinski definition) is 0. The molecule has 0 unspecified atom stereocenters. The molecule has 6 heteroatoms. The molecular weight excluding hydrogens is 305 g/mol. The van der Waals surface area contributed by atoms with Crippen LogP contribution in [0.25, 0.3) is 10.9 Å². The molecule has 0 atom stereocenters. The first-order valence-corrected chi connectivity index (χ1v) is 8.39. The van der Waals surface area contributed by atoms with Gasteiger partial charge in [0.05, 0.1) is 0 Å². The number of allylic oxidation sites excluding steroid dienone is 1. The van der Waals surface area contributed by atoms with Crippen LogP contribution in [-0.4, -0.2) is 13.0 Å². The molecule has 2 aromatic rings. The SMILES string of the molecule is C/C(=C/Cl)Cn1c(C)c(S(=O)(=O)Cl)c2ccccc21. The third-order valence-corrected chi connectivity index (χ3v) is 4.85. The van der Waals surface area contributed by atoms with Gasteiger partial charge in [-0.1, -0.05) is 29.8 Å². The Balaban J connectivity index is 2.82. The normalized spacial score (nSPS) is 13.2. The van der Waals surface area contributed by atoms with Crippen LogP contribution in [0.15, 0.2) is 40.3 Å². The molecule has 0 saturated carbocycles. The van der Waals surface area contributed by atoms with Crippen molar-refractivity contribution in [3.05, 3.63) is 41.1 Å². The largest absolute Gasteiger partial charge is 0.339 e. The molecule has 1 aromatic carbocycles. The standard InChI is InChI=1S/C13H13Cl2NO2S/c1-9(7-14)8-16-10(2)13(19(15,17)18)11-5-3-4-6-12(11)16/h3-7H,8H2,1-2H3/b9-7-. The summed E-state index contributed by atoms with van der Waals surface area (Å²) in [6.07, 6.45) is 0. The molecule has 0 aliphatic heterocycles. The number of rotatable bonds is 3. The number of halogens is 2. The van der Waals surface area contributed by atoms with Crippen LogP contribution in [-0.2, 0) is 15.6 Å². The highest BCUT2D eigenvalue weighted by atomic mass is 35.7. The molecule has 1 heterocycles. The Bertz CT molecular complexity index is 760. The number of para-hydroxylation sites is 1. The highest BCUT2D eigenvalue weighted by molar-refractivity contribution is 8.14. The maximum absolute atomic E-state index is 11.7. The van der Waals surface area contributed by atoms with Crippen LogP contribution in [0.4, 0.5) is 0 Å². The lowest BCUT2D eigenvalue weighted by Crippen LogP contribution is -2.02. The van der Waals surface area contributed by atoms with Crippen molar-refractivity contribution in [3.63, 3.8) is 0 Å². The van der Waals surface area contributed by atoms with Gasteiger partial charge in [-0.25, -0.2) is 8.42 Å². The molecule has 0 spiro atoms. The van der Waals surface area contributed by atoms with E-state index < -0.39 is 9.05 Å². The van der Waals surface area contributed by atoms with Crippen molar-refractivity contribution >= 4 is 42.2 Å². The molecule has 2 rings (SSSR count). The van der Waals surface area contributed by atoms with E-state index >= 15 is 0 Å². The summed E-state index contributed by atoms with van der Waals surface area (Å²) in [6, 6.07) is 7.29. The monoisotopic (exact) mass is 317 g/mol. The highest BCUT2D eigenvalue weighted by Gasteiger charge is 2.22. The summed E-state index contributed by atoms with van der Waals surface area (Å²) in [4.78, 5) is 0.173. The van der Waals surface area contributed by atoms with E-state index in [-0.39, 0.29) is 4.90 Å². The van der Waals surface area contributed by atoms with Gasteiger partial charge < -0.3 is 4.57 Å². The van der Waals surface area contributed by atoms with Crippen molar-refractivity contribution in [2.24, 2.45) is 0 Å². The number of nitrogens with zero attached hydrogens (tertiary/aromatic N) is 1. The van der Waals surface area contributed by atoms with Gasteiger partial charge in [0.2, 0.25) is 0 Å². The molecule has 102 valence electrons. The zero-order valence-corrected chi connectivity index (χ0v) is 12.9. The van der Waals surface area contributed by atoms with Gasteiger partial charge in [-0.2, -0.15) is 0 Å². The number of aromatic nitrogens is 1. The molecular formula is C13H13Cl2NO2S. The van der Waals surface area contributed by atoms with Crippen molar-refractivity contribution in [1.29, 1.82) is 0 Å². The van der Waals surface area contributed by atoms with Crippen LogP contribution in [0.1, 0.15) is 12.6 Å². The zero-order chi connectivity index (χ0) is 14.2. The maximum atomic E-state index is 11.7. The minimum atomic E-state index is -3.78. The van der Waals surface area contributed by atoms with E-state index in [9.17, 15) is 8.42 Å². The summed E-state index contributed by atoms with van der Waals surface area (Å²) in [5, 5.41) is 0.636. The molecule has 3 nitrogen and oxygen atoms in total. The average molecular weight is 318 g/mol. The molecule has 0 aliphatic rings. The van der Waals surface area contributed by atoms with Crippen LogP contribution < -0.4 is 0 Å². The van der Waals surface area contributed by atoms with Crippen molar-refractivity contribution in [1.82, 2.24) is 4.57 Å². The molecule has 0 fully saturated rings. The van der Waals surface area contributed by atoms with E-state index in [4.69, 9.17) is 22.3 Å². The maximum Gasteiger partial charge on any atom is 0.263 e. The summed E-state index contributed by atoms with van der Waals surface area (Å²) in [7, 11) is 1.76. The van der Waals surface area contributed by atoms with Crippen LogP contribution in [0.5, 0.6) is 0 Å². The van der Waals surface area contributed by atoms with Gasteiger partial charge in [0.15, 0.2) is 0 Å². The van der Waals surface area contributed by atoms with Crippen LogP contribution in [0.3, 0.4) is 0 Å². The third-order valence-electron chi connectivity index (χ3n) is 3.01. The quantitative estimate of drug-likeness (QED) is 0.802. The second-order valence-corrected chi connectivity index (χ2v) is 7.13. The van der Waals surface area contributed by atoms with Crippen molar-refractivity contribution in [2.75, 3.05) is 0 Å². The topological polar surface area (TPSA) is 39.1 Å². The molecule has 0 N–H and O–H groups in total. The Hall–Kier alpha value is -0.970. The van der Waals surface area contributed by atoms with E-state index in [0.29, 0.717) is 17.6 Å². The van der Waals surface area contributed by atoms with Crippen molar-refractivity contribution in [2.45, 2.75) is 25.3 Å². The molecule has 19 heavy (non-hydrogen) atoms. The fraction of sp³-hybridized carbons (Fsp3) is 0.231. The van der Waals surface area contributed by atoms with E-state index in [1.807, 2.05) is 23.6 Å². The summed E-state index contributed by atoms with van der Waals surface area (Å²) in [5.74, 6) is 0. The molecule has 0 amide bonds. The fourth-order valence-corrected chi connectivity index (χ4v) is 3.75. The third kappa shape index (κ3) is 2.66. The van der Waals surface area contributed by atoms with E-state index in [0.717, 1.165) is 11.1 Å².